The van der Waals surface area contributed by atoms with E-state index in [9.17, 15) is 4.79 Å². The quantitative estimate of drug-likeness (QED) is 0.596. The monoisotopic (exact) mass is 317 g/mol. The molecule has 116 valence electrons. The lowest BCUT2D eigenvalue weighted by Crippen LogP contribution is -2.25. The van der Waals surface area contributed by atoms with Crippen LogP contribution in [0.3, 0.4) is 0 Å². The van der Waals surface area contributed by atoms with Gasteiger partial charge in [0, 0.05) is 19.3 Å². The van der Waals surface area contributed by atoms with E-state index < -0.39 is 0 Å². The summed E-state index contributed by atoms with van der Waals surface area (Å²) in [5.41, 5.74) is 0.784. The van der Waals surface area contributed by atoms with Crippen molar-refractivity contribution in [2.75, 3.05) is 12.3 Å². The third kappa shape index (κ3) is 4.17. The van der Waals surface area contributed by atoms with E-state index in [0.717, 1.165) is 29.6 Å². The molecule has 0 unspecified atom stereocenters. The van der Waals surface area contributed by atoms with Crippen LogP contribution in [0.25, 0.3) is 11.5 Å². The first-order valence-electron chi connectivity index (χ1n) is 7.11. The lowest BCUT2D eigenvalue weighted by Gasteiger charge is -2.08. The molecular formula is C15H19N5OS. The summed E-state index contributed by atoms with van der Waals surface area (Å²) in [6.07, 6.45) is 4.34. The van der Waals surface area contributed by atoms with Crippen molar-refractivity contribution in [2.45, 2.75) is 25.0 Å². The number of hydrogen-bond donors (Lipinski definition) is 1. The number of nitrogens with one attached hydrogen (secondary N) is 1. The Bertz CT molecular complexity index is 626. The van der Waals surface area contributed by atoms with E-state index in [1.165, 1.54) is 11.8 Å². The Morgan fingerprint density at radius 3 is 3.00 bits per heavy atom. The third-order valence-corrected chi connectivity index (χ3v) is 3.80. The van der Waals surface area contributed by atoms with Gasteiger partial charge in [0.15, 0.2) is 11.0 Å². The fraction of sp³-hybridized carbons (Fsp3) is 0.333. The molecule has 22 heavy (non-hydrogen) atoms. The van der Waals surface area contributed by atoms with E-state index in [0.29, 0.717) is 12.3 Å². The summed E-state index contributed by atoms with van der Waals surface area (Å²) >= 11 is 1.38. The van der Waals surface area contributed by atoms with E-state index in [1.54, 1.807) is 12.3 Å². The third-order valence-electron chi connectivity index (χ3n) is 2.83. The van der Waals surface area contributed by atoms with Crippen LogP contribution in [0.4, 0.5) is 0 Å². The molecule has 2 aromatic heterocycles. The zero-order valence-corrected chi connectivity index (χ0v) is 13.3. The SMILES string of the molecule is C=CCNC(=O)CSc1nnc(-c2ccccn2)n1CCC. The van der Waals surface area contributed by atoms with Gasteiger partial charge in [-0.1, -0.05) is 30.8 Å². The summed E-state index contributed by atoms with van der Waals surface area (Å²) in [5, 5.41) is 11.9. The molecule has 0 saturated heterocycles. The standard InChI is InChI=1S/C15H19N5OS/c1-3-8-17-13(21)11-22-15-19-18-14(20(15)10-4-2)12-7-5-6-9-16-12/h3,5-7,9H,1,4,8,10-11H2,2H3,(H,17,21). The maximum atomic E-state index is 11.7. The highest BCUT2D eigenvalue weighted by molar-refractivity contribution is 7.99. The molecule has 1 amide bonds. The molecule has 0 bridgehead atoms. The first-order chi connectivity index (χ1) is 10.8. The molecule has 0 saturated carbocycles. The van der Waals surface area contributed by atoms with Gasteiger partial charge in [-0.05, 0) is 18.6 Å². The summed E-state index contributed by atoms with van der Waals surface area (Å²) in [6, 6.07) is 5.69. The number of thioether (sulfide) groups is 1. The Kier molecular flexibility index (Phi) is 6.14. The lowest BCUT2D eigenvalue weighted by atomic mass is 10.3. The van der Waals surface area contributed by atoms with Crippen molar-refractivity contribution in [3.63, 3.8) is 0 Å². The average molecular weight is 317 g/mol. The Hall–Kier alpha value is -2.15. The van der Waals surface area contributed by atoms with Crippen molar-refractivity contribution in [3.05, 3.63) is 37.1 Å². The van der Waals surface area contributed by atoms with Gasteiger partial charge < -0.3 is 9.88 Å². The molecule has 0 radical (unpaired) electrons. The number of pyridine rings is 1. The molecule has 0 fully saturated rings. The molecule has 2 rings (SSSR count). The topological polar surface area (TPSA) is 72.7 Å². The second kappa shape index (κ2) is 8.33. The molecule has 6 nitrogen and oxygen atoms in total. The Labute approximate surface area is 134 Å². The van der Waals surface area contributed by atoms with Gasteiger partial charge >= 0.3 is 0 Å². The minimum atomic E-state index is -0.0460. The molecule has 0 aliphatic heterocycles. The van der Waals surface area contributed by atoms with E-state index >= 15 is 0 Å². The second-order valence-corrected chi connectivity index (χ2v) is 5.50. The van der Waals surface area contributed by atoms with Gasteiger partial charge in [-0.3, -0.25) is 9.78 Å². The maximum absolute atomic E-state index is 11.7. The van der Waals surface area contributed by atoms with Crippen LogP contribution in [-0.4, -0.2) is 38.0 Å². The van der Waals surface area contributed by atoms with Crippen LogP contribution in [0.15, 0.2) is 42.2 Å². The Balaban J connectivity index is 2.13. The Morgan fingerprint density at radius 2 is 2.32 bits per heavy atom. The van der Waals surface area contributed by atoms with Gasteiger partial charge in [0.1, 0.15) is 5.69 Å². The van der Waals surface area contributed by atoms with Gasteiger partial charge in [-0.2, -0.15) is 0 Å². The molecular weight excluding hydrogens is 298 g/mol. The fourth-order valence-electron chi connectivity index (χ4n) is 1.87. The van der Waals surface area contributed by atoms with E-state index in [-0.39, 0.29) is 5.91 Å². The number of carbonyl (C=O) groups is 1. The molecule has 2 aromatic rings. The van der Waals surface area contributed by atoms with Gasteiger partial charge in [-0.15, -0.1) is 16.8 Å². The van der Waals surface area contributed by atoms with Gasteiger partial charge in [0.2, 0.25) is 5.91 Å². The van der Waals surface area contributed by atoms with Crippen molar-refractivity contribution < 1.29 is 4.79 Å². The predicted molar refractivity (Wildman–Crippen MR) is 87.5 cm³/mol. The van der Waals surface area contributed by atoms with Gasteiger partial charge in [-0.25, -0.2) is 0 Å². The van der Waals surface area contributed by atoms with Crippen LogP contribution in [-0.2, 0) is 11.3 Å². The number of aromatic nitrogens is 4. The van der Waals surface area contributed by atoms with E-state index in [2.05, 4.69) is 34.0 Å². The minimum Gasteiger partial charge on any atom is -0.352 e. The van der Waals surface area contributed by atoms with Crippen molar-refractivity contribution in [3.8, 4) is 11.5 Å². The zero-order chi connectivity index (χ0) is 15.8. The van der Waals surface area contributed by atoms with Crippen molar-refractivity contribution in [1.82, 2.24) is 25.1 Å². The van der Waals surface area contributed by atoms with E-state index in [1.807, 2.05) is 22.8 Å². The van der Waals surface area contributed by atoms with Crippen LogP contribution >= 0.6 is 11.8 Å². The maximum Gasteiger partial charge on any atom is 0.230 e. The van der Waals surface area contributed by atoms with Crippen LogP contribution in [0.1, 0.15) is 13.3 Å². The summed E-state index contributed by atoms with van der Waals surface area (Å²) in [4.78, 5) is 16.0. The lowest BCUT2D eigenvalue weighted by molar-refractivity contribution is -0.118. The number of rotatable bonds is 8. The first kappa shape index (κ1) is 16.2. The highest BCUT2D eigenvalue weighted by Crippen LogP contribution is 2.22. The Morgan fingerprint density at radius 1 is 1.45 bits per heavy atom. The molecule has 0 spiro atoms. The smallest absolute Gasteiger partial charge is 0.230 e. The molecule has 1 N–H and O–H groups in total. The number of amides is 1. The molecule has 2 heterocycles. The highest BCUT2D eigenvalue weighted by Gasteiger charge is 2.15. The van der Waals surface area contributed by atoms with Crippen LogP contribution < -0.4 is 5.32 Å². The van der Waals surface area contributed by atoms with Crippen LogP contribution in [0, 0.1) is 0 Å². The first-order valence-corrected chi connectivity index (χ1v) is 8.09. The number of carbonyl (C=O) groups excluding carboxylic acids is 1. The minimum absolute atomic E-state index is 0.0460. The zero-order valence-electron chi connectivity index (χ0n) is 12.5. The van der Waals surface area contributed by atoms with Gasteiger partial charge in [0.05, 0.1) is 5.75 Å². The van der Waals surface area contributed by atoms with Crippen LogP contribution in [0.2, 0.25) is 0 Å². The number of nitrogens with zero attached hydrogens (tertiary/aromatic N) is 4. The summed E-state index contributed by atoms with van der Waals surface area (Å²) in [7, 11) is 0. The largest absolute Gasteiger partial charge is 0.352 e. The number of hydrogen-bond acceptors (Lipinski definition) is 5. The van der Waals surface area contributed by atoms with Crippen molar-refractivity contribution >= 4 is 17.7 Å². The summed E-state index contributed by atoms with van der Waals surface area (Å²) < 4.78 is 2.01. The van der Waals surface area contributed by atoms with E-state index in [4.69, 9.17) is 0 Å². The normalized spacial score (nSPS) is 10.4. The fourth-order valence-corrected chi connectivity index (χ4v) is 2.67. The van der Waals surface area contributed by atoms with Crippen molar-refractivity contribution in [2.24, 2.45) is 0 Å². The molecule has 0 atom stereocenters. The molecule has 0 aliphatic carbocycles. The highest BCUT2D eigenvalue weighted by atomic mass is 32.2. The summed E-state index contributed by atoms with van der Waals surface area (Å²) in [6.45, 7) is 6.92. The average Bonchev–Trinajstić information content (AvgIpc) is 2.95. The van der Waals surface area contributed by atoms with Gasteiger partial charge in [0.25, 0.3) is 0 Å². The summed E-state index contributed by atoms with van der Waals surface area (Å²) in [5.74, 6) is 0.990. The molecule has 0 aliphatic rings. The van der Waals surface area contributed by atoms with Crippen molar-refractivity contribution in [1.29, 1.82) is 0 Å². The van der Waals surface area contributed by atoms with Crippen LogP contribution in [0.5, 0.6) is 0 Å². The molecule has 7 heteroatoms. The predicted octanol–water partition coefficient (Wildman–Crippen LogP) is 2.14. The second-order valence-electron chi connectivity index (χ2n) is 4.55. The molecule has 0 aromatic carbocycles.